The molecule has 3 rings (SSSR count). The molecule has 0 bridgehead atoms. The van der Waals surface area contributed by atoms with Gasteiger partial charge in [0.1, 0.15) is 5.82 Å². The molecule has 0 saturated carbocycles. The first-order valence-corrected chi connectivity index (χ1v) is 9.85. The zero-order chi connectivity index (χ0) is 17.9. The fraction of sp³-hybridized carbons (Fsp3) is 0.150. The highest BCUT2D eigenvalue weighted by Crippen LogP contribution is 2.22. The number of hydrogen-bond donors (Lipinski definition) is 0. The van der Waals surface area contributed by atoms with Crippen LogP contribution in [0.1, 0.15) is 5.56 Å². The zero-order valence-electron chi connectivity index (χ0n) is 14.3. The number of aromatic nitrogens is 1. The Morgan fingerprint density at radius 1 is 0.880 bits per heavy atom. The second-order valence-corrected chi connectivity index (χ2v) is 8.03. The van der Waals surface area contributed by atoms with Crippen molar-refractivity contribution in [3.63, 3.8) is 0 Å². The molecule has 1 heterocycles. The van der Waals surface area contributed by atoms with Crippen molar-refractivity contribution in [1.82, 2.24) is 4.98 Å². The van der Waals surface area contributed by atoms with Crippen molar-refractivity contribution in [1.29, 1.82) is 0 Å². The fourth-order valence-corrected chi connectivity index (χ4v) is 3.24. The Balaban J connectivity index is 1.84. The minimum atomic E-state index is -3.19. The average Bonchev–Trinajstić information content (AvgIpc) is 2.62. The molecule has 0 amide bonds. The number of nitrogens with zero attached hydrogens (tertiary/aromatic N) is 2. The van der Waals surface area contributed by atoms with E-state index in [9.17, 15) is 8.42 Å². The van der Waals surface area contributed by atoms with Crippen LogP contribution in [0.5, 0.6) is 0 Å². The summed E-state index contributed by atoms with van der Waals surface area (Å²) in [5.41, 5.74) is 2.93. The van der Waals surface area contributed by atoms with Gasteiger partial charge in [-0.15, -0.1) is 0 Å². The Morgan fingerprint density at radius 3 is 2.20 bits per heavy atom. The smallest absolute Gasteiger partial charge is 0.175 e. The summed E-state index contributed by atoms with van der Waals surface area (Å²) in [6.07, 6.45) is 1.21. The molecule has 0 fully saturated rings. The first kappa shape index (κ1) is 17.2. The fourth-order valence-electron chi connectivity index (χ4n) is 2.61. The van der Waals surface area contributed by atoms with Gasteiger partial charge in [0.25, 0.3) is 0 Å². The lowest BCUT2D eigenvalue weighted by atomic mass is 10.1. The van der Waals surface area contributed by atoms with E-state index >= 15 is 0 Å². The standard InChI is InChI=1S/C20H20N2O2S/c1-22(15-16-7-4-3-5-8-16)20-10-6-9-19(21-20)17-11-13-18(14-12-17)25(2,23)24/h3-14H,15H2,1-2H3. The summed E-state index contributed by atoms with van der Waals surface area (Å²) in [4.78, 5) is 7.11. The van der Waals surface area contributed by atoms with Crippen molar-refractivity contribution in [3.05, 3.63) is 78.4 Å². The van der Waals surface area contributed by atoms with Crippen LogP contribution in [0.3, 0.4) is 0 Å². The molecule has 4 nitrogen and oxygen atoms in total. The lowest BCUT2D eigenvalue weighted by Gasteiger charge is -2.19. The molecular weight excluding hydrogens is 332 g/mol. The summed E-state index contributed by atoms with van der Waals surface area (Å²) in [5.74, 6) is 0.869. The summed E-state index contributed by atoms with van der Waals surface area (Å²) in [7, 11) is -1.18. The van der Waals surface area contributed by atoms with Crippen LogP contribution in [0, 0.1) is 0 Å². The molecule has 0 spiro atoms. The molecule has 0 aliphatic rings. The van der Waals surface area contributed by atoms with Crippen LogP contribution in [0.25, 0.3) is 11.3 Å². The molecule has 0 aliphatic carbocycles. The van der Waals surface area contributed by atoms with Gasteiger partial charge in [-0.3, -0.25) is 0 Å². The summed E-state index contributed by atoms with van der Waals surface area (Å²) in [6.45, 7) is 0.768. The van der Waals surface area contributed by atoms with Crippen molar-refractivity contribution in [2.24, 2.45) is 0 Å². The maximum atomic E-state index is 11.6. The Morgan fingerprint density at radius 2 is 1.56 bits per heavy atom. The maximum Gasteiger partial charge on any atom is 0.175 e. The zero-order valence-corrected chi connectivity index (χ0v) is 15.1. The van der Waals surface area contributed by atoms with Crippen molar-refractivity contribution in [2.45, 2.75) is 11.4 Å². The van der Waals surface area contributed by atoms with E-state index < -0.39 is 9.84 Å². The quantitative estimate of drug-likeness (QED) is 0.701. The molecule has 0 unspecified atom stereocenters. The van der Waals surface area contributed by atoms with Gasteiger partial charge in [0.05, 0.1) is 10.6 Å². The third-order valence-electron chi connectivity index (χ3n) is 3.97. The van der Waals surface area contributed by atoms with Crippen LogP contribution in [-0.4, -0.2) is 26.7 Å². The summed E-state index contributed by atoms with van der Waals surface area (Å²) in [5, 5.41) is 0. The van der Waals surface area contributed by atoms with Crippen molar-refractivity contribution >= 4 is 15.7 Å². The van der Waals surface area contributed by atoms with Crippen molar-refractivity contribution in [3.8, 4) is 11.3 Å². The highest BCUT2D eigenvalue weighted by Gasteiger charge is 2.09. The summed E-state index contributed by atoms with van der Waals surface area (Å²) in [6, 6.07) is 22.9. The van der Waals surface area contributed by atoms with Crippen LogP contribution >= 0.6 is 0 Å². The van der Waals surface area contributed by atoms with Gasteiger partial charge in [-0.05, 0) is 29.8 Å². The number of rotatable bonds is 5. The Hall–Kier alpha value is -2.66. The summed E-state index contributed by atoms with van der Waals surface area (Å²) < 4.78 is 23.2. The first-order chi connectivity index (χ1) is 11.9. The summed E-state index contributed by atoms with van der Waals surface area (Å²) >= 11 is 0. The second kappa shape index (κ2) is 7.07. The third kappa shape index (κ3) is 4.25. The van der Waals surface area contributed by atoms with E-state index in [1.807, 2.05) is 43.4 Å². The minimum absolute atomic E-state index is 0.314. The van der Waals surface area contributed by atoms with Gasteiger partial charge >= 0.3 is 0 Å². The van der Waals surface area contributed by atoms with Crippen LogP contribution < -0.4 is 4.90 Å². The van der Waals surface area contributed by atoms with E-state index in [1.165, 1.54) is 11.8 Å². The van der Waals surface area contributed by atoms with E-state index in [0.29, 0.717) is 4.90 Å². The molecule has 0 saturated heterocycles. The maximum absolute atomic E-state index is 11.6. The van der Waals surface area contributed by atoms with Gasteiger partial charge in [0.2, 0.25) is 0 Å². The van der Waals surface area contributed by atoms with Gasteiger partial charge in [-0.1, -0.05) is 48.5 Å². The molecule has 0 aliphatic heterocycles. The molecule has 25 heavy (non-hydrogen) atoms. The molecule has 3 aromatic rings. The molecule has 0 atom stereocenters. The number of benzene rings is 2. The molecule has 1 aromatic heterocycles. The third-order valence-corrected chi connectivity index (χ3v) is 5.09. The predicted molar refractivity (Wildman–Crippen MR) is 101 cm³/mol. The monoisotopic (exact) mass is 352 g/mol. The topological polar surface area (TPSA) is 50.3 Å². The van der Waals surface area contributed by atoms with Crippen LogP contribution in [0.4, 0.5) is 5.82 Å². The van der Waals surface area contributed by atoms with Gasteiger partial charge in [-0.25, -0.2) is 13.4 Å². The Labute approximate surface area is 148 Å². The van der Waals surface area contributed by atoms with Crippen LogP contribution in [0.2, 0.25) is 0 Å². The molecule has 0 N–H and O–H groups in total. The highest BCUT2D eigenvalue weighted by molar-refractivity contribution is 7.90. The number of anilines is 1. The average molecular weight is 352 g/mol. The SMILES string of the molecule is CN(Cc1ccccc1)c1cccc(-c2ccc(S(C)(=O)=O)cc2)n1. The molecule has 2 aromatic carbocycles. The number of hydrogen-bond acceptors (Lipinski definition) is 4. The van der Waals surface area contributed by atoms with Crippen LogP contribution in [0.15, 0.2) is 77.7 Å². The first-order valence-electron chi connectivity index (χ1n) is 7.96. The highest BCUT2D eigenvalue weighted by atomic mass is 32.2. The van der Waals surface area contributed by atoms with Gasteiger partial charge < -0.3 is 4.90 Å². The van der Waals surface area contributed by atoms with Gasteiger partial charge in [-0.2, -0.15) is 0 Å². The number of sulfone groups is 1. The lowest BCUT2D eigenvalue weighted by molar-refractivity contribution is 0.602. The normalized spacial score (nSPS) is 11.3. The Kier molecular flexibility index (Phi) is 4.86. The predicted octanol–water partition coefficient (Wildman–Crippen LogP) is 3.79. The molecule has 128 valence electrons. The molecule has 0 radical (unpaired) electrons. The van der Waals surface area contributed by atoms with E-state index in [4.69, 9.17) is 4.98 Å². The minimum Gasteiger partial charge on any atom is -0.355 e. The second-order valence-electron chi connectivity index (χ2n) is 6.02. The molecule has 5 heteroatoms. The van der Waals surface area contributed by atoms with E-state index in [-0.39, 0.29) is 0 Å². The largest absolute Gasteiger partial charge is 0.355 e. The van der Waals surface area contributed by atoms with Crippen LogP contribution in [-0.2, 0) is 16.4 Å². The van der Waals surface area contributed by atoms with Crippen molar-refractivity contribution in [2.75, 3.05) is 18.2 Å². The Bertz CT molecular complexity index is 953. The lowest BCUT2D eigenvalue weighted by Crippen LogP contribution is -2.17. The van der Waals surface area contributed by atoms with E-state index in [2.05, 4.69) is 17.0 Å². The van der Waals surface area contributed by atoms with Gasteiger partial charge in [0, 0.05) is 25.4 Å². The number of pyridine rings is 1. The van der Waals surface area contributed by atoms with E-state index in [0.717, 1.165) is 23.6 Å². The van der Waals surface area contributed by atoms with E-state index in [1.54, 1.807) is 24.3 Å². The molecular formula is C20H20N2O2S. The van der Waals surface area contributed by atoms with Gasteiger partial charge in [0.15, 0.2) is 9.84 Å². The van der Waals surface area contributed by atoms with Crippen molar-refractivity contribution < 1.29 is 8.42 Å².